The lowest BCUT2D eigenvalue weighted by Gasteiger charge is -2.46. The zero-order valence-electron chi connectivity index (χ0n) is 13.4. The van der Waals surface area contributed by atoms with Crippen molar-refractivity contribution in [1.82, 2.24) is 15.2 Å². The van der Waals surface area contributed by atoms with Crippen molar-refractivity contribution in [2.45, 2.75) is 51.2 Å². The van der Waals surface area contributed by atoms with E-state index in [-0.39, 0.29) is 5.54 Å². The lowest BCUT2D eigenvalue weighted by atomic mass is 9.92. The van der Waals surface area contributed by atoms with Crippen LogP contribution in [0, 0.1) is 5.92 Å². The minimum atomic E-state index is 0.223. The van der Waals surface area contributed by atoms with Crippen LogP contribution in [0.2, 0.25) is 0 Å². The molecule has 1 aromatic rings. The molecule has 4 nitrogen and oxygen atoms in total. The molecule has 2 heterocycles. The maximum Gasteiger partial charge on any atom is 0.217 e. The topological polar surface area (TPSA) is 37.4 Å². The van der Waals surface area contributed by atoms with E-state index < -0.39 is 0 Å². The molecule has 2 unspecified atom stereocenters. The van der Waals surface area contributed by atoms with Crippen LogP contribution in [0.1, 0.15) is 38.7 Å². The number of hydrogen-bond donors (Lipinski definition) is 1. The Hall–Kier alpha value is -1.13. The minimum Gasteiger partial charge on any atom is -0.481 e. The van der Waals surface area contributed by atoms with E-state index in [0.717, 1.165) is 37.9 Å². The molecule has 1 saturated heterocycles. The lowest BCUT2D eigenvalue weighted by Crippen LogP contribution is -2.62. The van der Waals surface area contributed by atoms with Crippen molar-refractivity contribution in [1.29, 1.82) is 0 Å². The van der Waals surface area contributed by atoms with Crippen molar-refractivity contribution < 1.29 is 4.74 Å². The molecular weight excluding hydrogens is 262 g/mol. The van der Waals surface area contributed by atoms with Crippen LogP contribution in [0.25, 0.3) is 0 Å². The van der Waals surface area contributed by atoms with Gasteiger partial charge in [0.2, 0.25) is 5.88 Å². The summed E-state index contributed by atoms with van der Waals surface area (Å²) < 4.78 is 5.42. The molecule has 1 saturated carbocycles. The molecule has 1 N–H and O–H groups in total. The van der Waals surface area contributed by atoms with Crippen molar-refractivity contribution >= 4 is 0 Å². The van der Waals surface area contributed by atoms with Gasteiger partial charge in [0, 0.05) is 43.0 Å². The molecule has 0 radical (unpaired) electrons. The van der Waals surface area contributed by atoms with E-state index >= 15 is 0 Å². The smallest absolute Gasteiger partial charge is 0.217 e. The van der Waals surface area contributed by atoms with E-state index in [1.165, 1.54) is 18.4 Å². The van der Waals surface area contributed by atoms with Gasteiger partial charge in [-0.2, -0.15) is 0 Å². The molecule has 2 atom stereocenters. The first-order valence-electron chi connectivity index (χ1n) is 8.12. The van der Waals surface area contributed by atoms with Crippen molar-refractivity contribution in [3.8, 4) is 5.88 Å². The van der Waals surface area contributed by atoms with Crippen molar-refractivity contribution in [3.63, 3.8) is 0 Å². The number of methoxy groups -OCH3 is 1. The van der Waals surface area contributed by atoms with Gasteiger partial charge < -0.3 is 10.1 Å². The maximum atomic E-state index is 5.42. The normalized spacial score (nSPS) is 30.3. The summed E-state index contributed by atoms with van der Waals surface area (Å²) >= 11 is 0. The molecule has 0 bridgehead atoms. The van der Waals surface area contributed by atoms with Gasteiger partial charge in [0.05, 0.1) is 7.11 Å². The average molecular weight is 289 g/mol. The molecule has 0 spiro atoms. The molecular formula is C17H27N3O. The van der Waals surface area contributed by atoms with E-state index in [1.807, 2.05) is 6.07 Å². The zero-order chi connectivity index (χ0) is 14.9. The number of hydrogen-bond acceptors (Lipinski definition) is 4. The number of piperazine rings is 1. The summed E-state index contributed by atoms with van der Waals surface area (Å²) in [6.07, 6.45) is 5.73. The van der Waals surface area contributed by atoms with Crippen LogP contribution >= 0.6 is 0 Å². The number of aromatic nitrogens is 1. The van der Waals surface area contributed by atoms with Gasteiger partial charge in [-0.05, 0) is 38.2 Å². The van der Waals surface area contributed by atoms with E-state index in [2.05, 4.69) is 35.1 Å². The van der Waals surface area contributed by atoms with Crippen LogP contribution < -0.4 is 10.1 Å². The van der Waals surface area contributed by atoms with Gasteiger partial charge in [-0.3, -0.25) is 4.90 Å². The van der Waals surface area contributed by atoms with Crippen LogP contribution in [-0.2, 0) is 6.54 Å². The predicted octanol–water partition coefficient (Wildman–Crippen LogP) is 2.44. The highest BCUT2D eigenvalue weighted by Crippen LogP contribution is 2.38. The maximum absolute atomic E-state index is 5.42. The summed E-state index contributed by atoms with van der Waals surface area (Å²) in [6, 6.07) is 4.81. The monoisotopic (exact) mass is 289 g/mol. The van der Waals surface area contributed by atoms with E-state index in [9.17, 15) is 0 Å². The highest BCUT2D eigenvalue weighted by molar-refractivity contribution is 5.25. The van der Waals surface area contributed by atoms with Crippen molar-refractivity contribution in [2.75, 3.05) is 20.2 Å². The molecule has 2 aliphatic rings. The summed E-state index contributed by atoms with van der Waals surface area (Å²) in [6.45, 7) is 7.76. The molecule has 3 rings (SSSR count). The lowest BCUT2D eigenvalue weighted by molar-refractivity contribution is 0.0654. The average Bonchev–Trinajstić information content (AvgIpc) is 3.33. The third-order valence-corrected chi connectivity index (χ3v) is 5.12. The van der Waals surface area contributed by atoms with Gasteiger partial charge in [-0.25, -0.2) is 4.98 Å². The number of ether oxygens (including phenoxy) is 1. The molecule has 1 aromatic heterocycles. The number of nitrogens with zero attached hydrogens (tertiary/aromatic N) is 2. The Labute approximate surface area is 127 Å². The molecule has 2 fully saturated rings. The molecule has 4 heteroatoms. The second kappa shape index (κ2) is 5.93. The molecule has 0 aromatic carbocycles. The summed E-state index contributed by atoms with van der Waals surface area (Å²) in [7, 11) is 1.71. The Balaban J connectivity index is 1.78. The Morgan fingerprint density at radius 3 is 2.95 bits per heavy atom. The predicted molar refractivity (Wildman–Crippen MR) is 84.4 cm³/mol. The Bertz CT molecular complexity index is 489. The molecule has 21 heavy (non-hydrogen) atoms. The Kier molecular flexibility index (Phi) is 4.18. The molecule has 1 aliphatic heterocycles. The second-order valence-corrected chi connectivity index (χ2v) is 6.78. The standard InChI is InChI=1S/C17H27N3O/c1-4-17(2)12-20(15(10-19-17)13-7-8-13)11-14-6-5-9-18-16(14)21-3/h5-6,9,13,15,19H,4,7-8,10-12H2,1-3H3. The summed E-state index contributed by atoms with van der Waals surface area (Å²) in [5, 5.41) is 3.77. The molecule has 0 amide bonds. The van der Waals surface area contributed by atoms with Gasteiger partial charge in [-0.15, -0.1) is 0 Å². The second-order valence-electron chi connectivity index (χ2n) is 6.78. The SMILES string of the molecule is CCC1(C)CN(Cc2cccnc2OC)C(C2CC2)CN1. The van der Waals surface area contributed by atoms with Gasteiger partial charge >= 0.3 is 0 Å². The summed E-state index contributed by atoms with van der Waals surface area (Å²) in [5.74, 6) is 1.64. The summed E-state index contributed by atoms with van der Waals surface area (Å²) in [5.41, 5.74) is 1.42. The fourth-order valence-electron chi connectivity index (χ4n) is 3.40. The number of rotatable bonds is 5. The van der Waals surface area contributed by atoms with Crippen molar-refractivity contribution in [3.05, 3.63) is 23.9 Å². The quantitative estimate of drug-likeness (QED) is 0.903. The first kappa shape index (κ1) is 14.8. The van der Waals surface area contributed by atoms with Crippen molar-refractivity contribution in [2.24, 2.45) is 5.92 Å². The van der Waals surface area contributed by atoms with E-state index in [1.54, 1.807) is 13.3 Å². The summed E-state index contributed by atoms with van der Waals surface area (Å²) in [4.78, 5) is 6.99. The minimum absolute atomic E-state index is 0.223. The number of pyridine rings is 1. The molecule has 1 aliphatic carbocycles. The van der Waals surface area contributed by atoms with Crippen LogP contribution in [-0.4, -0.2) is 41.7 Å². The van der Waals surface area contributed by atoms with Gasteiger partial charge in [-0.1, -0.05) is 13.0 Å². The van der Waals surface area contributed by atoms with E-state index in [0.29, 0.717) is 6.04 Å². The zero-order valence-corrected chi connectivity index (χ0v) is 13.4. The molecule has 116 valence electrons. The fraction of sp³-hybridized carbons (Fsp3) is 0.706. The fourth-order valence-corrected chi connectivity index (χ4v) is 3.40. The Morgan fingerprint density at radius 1 is 1.48 bits per heavy atom. The van der Waals surface area contributed by atoms with Gasteiger partial charge in [0.15, 0.2) is 0 Å². The van der Waals surface area contributed by atoms with Crippen LogP contribution in [0.15, 0.2) is 18.3 Å². The first-order valence-corrected chi connectivity index (χ1v) is 8.12. The third-order valence-electron chi connectivity index (χ3n) is 5.12. The van der Waals surface area contributed by atoms with Gasteiger partial charge in [0.25, 0.3) is 0 Å². The highest BCUT2D eigenvalue weighted by Gasteiger charge is 2.41. The van der Waals surface area contributed by atoms with Crippen LogP contribution in [0.4, 0.5) is 0 Å². The van der Waals surface area contributed by atoms with E-state index in [4.69, 9.17) is 4.74 Å². The number of nitrogens with one attached hydrogen (secondary N) is 1. The van der Waals surface area contributed by atoms with Crippen LogP contribution in [0.5, 0.6) is 5.88 Å². The largest absolute Gasteiger partial charge is 0.481 e. The highest BCUT2D eigenvalue weighted by atomic mass is 16.5. The first-order chi connectivity index (χ1) is 10.1. The van der Waals surface area contributed by atoms with Gasteiger partial charge in [0.1, 0.15) is 0 Å². The third kappa shape index (κ3) is 3.22. The van der Waals surface area contributed by atoms with Crippen LogP contribution in [0.3, 0.4) is 0 Å². The Morgan fingerprint density at radius 2 is 2.29 bits per heavy atom.